The Hall–Kier alpha value is -3.58. The molecular formula is C26H34N6O. The van der Waals surface area contributed by atoms with Gasteiger partial charge in [0.05, 0.1) is 5.69 Å². The molecule has 1 aromatic carbocycles. The molecule has 3 aromatic heterocycles. The Bertz CT molecular complexity index is 1290. The van der Waals surface area contributed by atoms with Crippen LogP contribution >= 0.6 is 0 Å². The van der Waals surface area contributed by atoms with Crippen LogP contribution in [0, 0.1) is 0 Å². The third kappa shape index (κ3) is 4.64. The molecule has 5 rings (SSSR count). The van der Waals surface area contributed by atoms with Crippen LogP contribution in [0.5, 0.6) is 0 Å². The number of fused-ring (bicyclic) bond motifs is 1. The molecule has 5 N–H and O–H groups in total. The van der Waals surface area contributed by atoms with Gasteiger partial charge in [-0.25, -0.2) is 9.97 Å². The first-order chi connectivity index (χ1) is 15.4. The first-order valence-electron chi connectivity index (χ1n) is 11.1. The summed E-state index contributed by atoms with van der Waals surface area (Å²) in [6.07, 6.45) is 7.64. The fourth-order valence-electron chi connectivity index (χ4n) is 4.02. The van der Waals surface area contributed by atoms with E-state index in [1.54, 1.807) is 18.6 Å². The van der Waals surface area contributed by atoms with Gasteiger partial charge < -0.3 is 16.5 Å². The average Bonchev–Trinajstić information content (AvgIpc) is 3.52. The second-order valence-corrected chi connectivity index (χ2v) is 9.51. The molecule has 1 fully saturated rings. The van der Waals surface area contributed by atoms with Gasteiger partial charge in [-0.05, 0) is 59.1 Å². The highest BCUT2D eigenvalue weighted by molar-refractivity contribution is 5.92. The van der Waals surface area contributed by atoms with Crippen molar-refractivity contribution in [2.75, 3.05) is 0 Å². The number of aromatic amines is 1. The summed E-state index contributed by atoms with van der Waals surface area (Å²) in [6, 6.07) is 12.2. The lowest BCUT2D eigenvalue weighted by molar-refractivity contribution is 0.0945. The predicted octanol–water partition coefficient (Wildman–Crippen LogP) is 5.78. The molecule has 0 atom stereocenters. The second-order valence-electron chi connectivity index (χ2n) is 9.51. The van der Waals surface area contributed by atoms with Crippen LogP contribution < -0.4 is 11.5 Å². The van der Waals surface area contributed by atoms with E-state index in [-0.39, 0.29) is 20.3 Å². The van der Waals surface area contributed by atoms with E-state index < -0.39 is 0 Å². The van der Waals surface area contributed by atoms with Crippen LogP contribution in [0.15, 0.2) is 55.1 Å². The summed E-state index contributed by atoms with van der Waals surface area (Å²) >= 11 is 0. The number of pyridine rings is 1. The summed E-state index contributed by atoms with van der Waals surface area (Å²) in [7, 11) is 0. The third-order valence-electron chi connectivity index (χ3n) is 6.09. The van der Waals surface area contributed by atoms with Gasteiger partial charge >= 0.3 is 0 Å². The van der Waals surface area contributed by atoms with Crippen molar-refractivity contribution >= 4 is 16.9 Å². The van der Waals surface area contributed by atoms with Crippen molar-refractivity contribution in [3.63, 3.8) is 0 Å². The van der Waals surface area contributed by atoms with Crippen molar-refractivity contribution in [1.82, 2.24) is 31.4 Å². The standard InChI is InChI=1S/C26H27N5O.H3N.2H2/c1-26(2,3)19-8-9-22(28-14-19)25(32)29-13-18-7-6-17(12-21(18)16-4-5-16)23-20-10-11-27-24(20)31-15-30-23;;;/h6-12,14-16H,4-5,13H2,1-3H3,(H,29,32)(H,27,30,31);1H3;2*1H. The van der Waals surface area contributed by atoms with E-state index in [4.69, 9.17) is 0 Å². The molecule has 174 valence electrons. The molecule has 4 aromatic rings. The van der Waals surface area contributed by atoms with Crippen molar-refractivity contribution < 1.29 is 7.65 Å². The predicted molar refractivity (Wildman–Crippen MR) is 135 cm³/mol. The number of carbonyl (C=O) groups excluding carboxylic acids is 1. The summed E-state index contributed by atoms with van der Waals surface area (Å²) in [5, 5.41) is 4.06. The van der Waals surface area contributed by atoms with Crippen LogP contribution in [-0.2, 0) is 12.0 Å². The van der Waals surface area contributed by atoms with Crippen LogP contribution in [0.2, 0.25) is 0 Å². The first kappa shape index (κ1) is 22.6. The molecule has 0 unspecified atom stereocenters. The monoisotopic (exact) mass is 446 g/mol. The molecular weight excluding hydrogens is 412 g/mol. The van der Waals surface area contributed by atoms with Crippen LogP contribution in [0.4, 0.5) is 0 Å². The molecule has 3 heterocycles. The molecule has 7 nitrogen and oxygen atoms in total. The number of hydrogen-bond donors (Lipinski definition) is 3. The van der Waals surface area contributed by atoms with E-state index in [0.29, 0.717) is 18.2 Å². The molecule has 7 heteroatoms. The molecule has 0 radical (unpaired) electrons. The van der Waals surface area contributed by atoms with E-state index in [1.165, 1.54) is 18.4 Å². The van der Waals surface area contributed by atoms with Gasteiger partial charge in [0.2, 0.25) is 0 Å². The van der Waals surface area contributed by atoms with Crippen LogP contribution in [0.1, 0.15) is 69.6 Å². The van der Waals surface area contributed by atoms with Crippen LogP contribution in [-0.4, -0.2) is 25.8 Å². The Kier molecular flexibility index (Phi) is 5.99. The molecule has 1 amide bonds. The second kappa shape index (κ2) is 8.75. The number of benzene rings is 1. The fourth-order valence-corrected chi connectivity index (χ4v) is 4.02. The normalized spacial score (nSPS) is 13.5. The van der Waals surface area contributed by atoms with Gasteiger partial charge in [-0.1, -0.05) is 39.0 Å². The minimum absolute atomic E-state index is 0. The number of carbonyl (C=O) groups is 1. The Morgan fingerprint density at radius 1 is 1.12 bits per heavy atom. The van der Waals surface area contributed by atoms with E-state index >= 15 is 0 Å². The molecule has 0 aliphatic heterocycles. The zero-order valence-corrected chi connectivity index (χ0v) is 19.4. The van der Waals surface area contributed by atoms with Gasteiger partial charge in [0.25, 0.3) is 5.91 Å². The van der Waals surface area contributed by atoms with Crippen molar-refractivity contribution in [3.8, 4) is 11.3 Å². The Morgan fingerprint density at radius 2 is 1.94 bits per heavy atom. The zero-order valence-electron chi connectivity index (χ0n) is 19.4. The maximum atomic E-state index is 12.7. The maximum absolute atomic E-state index is 12.7. The van der Waals surface area contributed by atoms with Crippen LogP contribution in [0.25, 0.3) is 22.3 Å². The van der Waals surface area contributed by atoms with Crippen molar-refractivity contribution in [1.29, 1.82) is 0 Å². The highest BCUT2D eigenvalue weighted by Gasteiger charge is 2.27. The SMILES string of the molecule is CC(C)(C)c1ccc(C(=O)NCc2ccc(-c3ncnc4[nH]ccc34)cc2C2CC2)nc1.N.[HH].[HH]. The minimum Gasteiger partial charge on any atom is -0.347 e. The zero-order chi connectivity index (χ0) is 22.3. The number of aromatic nitrogens is 4. The molecule has 0 bridgehead atoms. The lowest BCUT2D eigenvalue weighted by atomic mass is 9.88. The summed E-state index contributed by atoms with van der Waals surface area (Å²) in [5.74, 6) is 0.399. The van der Waals surface area contributed by atoms with E-state index in [1.807, 2.05) is 18.3 Å². The topological polar surface area (TPSA) is 119 Å². The number of nitrogens with one attached hydrogen (secondary N) is 2. The van der Waals surface area contributed by atoms with Gasteiger partial charge in [-0.15, -0.1) is 0 Å². The molecule has 1 aliphatic rings. The number of amides is 1. The summed E-state index contributed by atoms with van der Waals surface area (Å²) in [4.78, 5) is 29.0. The maximum Gasteiger partial charge on any atom is 0.270 e. The van der Waals surface area contributed by atoms with Crippen molar-refractivity contribution in [3.05, 3.63) is 77.5 Å². The van der Waals surface area contributed by atoms with Gasteiger partial charge in [0, 0.05) is 32.7 Å². The van der Waals surface area contributed by atoms with E-state index in [0.717, 1.165) is 33.4 Å². The highest BCUT2D eigenvalue weighted by atomic mass is 16.1. The number of rotatable bonds is 5. The highest BCUT2D eigenvalue weighted by Crippen LogP contribution is 2.43. The smallest absolute Gasteiger partial charge is 0.270 e. The van der Waals surface area contributed by atoms with Crippen LogP contribution in [0.3, 0.4) is 0 Å². The summed E-state index contributed by atoms with van der Waals surface area (Å²) in [6.45, 7) is 6.89. The van der Waals surface area contributed by atoms with E-state index in [2.05, 4.69) is 64.2 Å². The van der Waals surface area contributed by atoms with Crippen molar-refractivity contribution in [2.24, 2.45) is 0 Å². The lowest BCUT2D eigenvalue weighted by Gasteiger charge is -2.18. The van der Waals surface area contributed by atoms with Gasteiger partial charge in [0.1, 0.15) is 17.7 Å². The van der Waals surface area contributed by atoms with E-state index in [9.17, 15) is 4.79 Å². The fraction of sp³-hybridized carbons (Fsp3) is 0.308. The van der Waals surface area contributed by atoms with Gasteiger partial charge in [-0.2, -0.15) is 0 Å². The number of H-pyrrole nitrogens is 1. The molecule has 0 spiro atoms. The van der Waals surface area contributed by atoms with Gasteiger partial charge in [-0.3, -0.25) is 9.78 Å². The van der Waals surface area contributed by atoms with Gasteiger partial charge in [0.15, 0.2) is 0 Å². The lowest BCUT2D eigenvalue weighted by Crippen LogP contribution is -2.24. The van der Waals surface area contributed by atoms with Crippen molar-refractivity contribution in [2.45, 2.75) is 51.5 Å². The summed E-state index contributed by atoms with van der Waals surface area (Å²) < 4.78 is 0. The third-order valence-corrected chi connectivity index (χ3v) is 6.09. The molecule has 33 heavy (non-hydrogen) atoms. The first-order valence-corrected chi connectivity index (χ1v) is 11.1. The average molecular weight is 447 g/mol. The largest absolute Gasteiger partial charge is 0.347 e. The number of hydrogen-bond acceptors (Lipinski definition) is 5. The summed E-state index contributed by atoms with van der Waals surface area (Å²) in [5.41, 5.74) is 6.85. The molecule has 1 saturated carbocycles. The minimum atomic E-state index is -0.152. The Labute approximate surface area is 196 Å². The number of nitrogens with zero attached hydrogens (tertiary/aromatic N) is 3. The Morgan fingerprint density at radius 3 is 2.64 bits per heavy atom. The Balaban J connectivity index is 0.00000144. The molecule has 1 aliphatic carbocycles. The quantitative estimate of drug-likeness (QED) is 0.359. The molecule has 0 saturated heterocycles.